The van der Waals surface area contributed by atoms with Crippen molar-refractivity contribution in [3.05, 3.63) is 54.3 Å². The molecule has 1 amide bonds. The van der Waals surface area contributed by atoms with Crippen LogP contribution in [0.3, 0.4) is 0 Å². The van der Waals surface area contributed by atoms with Crippen LogP contribution in [-0.4, -0.2) is 21.7 Å². The van der Waals surface area contributed by atoms with Crippen molar-refractivity contribution in [3.63, 3.8) is 0 Å². The molecule has 1 aromatic heterocycles. The number of nitrogens with two attached hydrogens (primary N) is 1. The first kappa shape index (κ1) is 15.9. The SMILES string of the molecule is Cc1ncc(-c2ccc3c(c2)N(C(=N)/C=C\N)C(=O)C3(C)C)cn1. The van der Waals surface area contributed by atoms with Gasteiger partial charge in [-0.1, -0.05) is 12.1 Å². The molecule has 122 valence electrons. The van der Waals surface area contributed by atoms with E-state index in [9.17, 15) is 4.79 Å². The Morgan fingerprint density at radius 1 is 1.25 bits per heavy atom. The number of anilines is 1. The highest BCUT2D eigenvalue weighted by Gasteiger charge is 2.45. The van der Waals surface area contributed by atoms with E-state index in [4.69, 9.17) is 11.1 Å². The number of nitrogens with one attached hydrogen (secondary N) is 1. The number of carbonyl (C=O) groups is 1. The van der Waals surface area contributed by atoms with Crippen LogP contribution in [0.25, 0.3) is 11.1 Å². The smallest absolute Gasteiger partial charge is 0.242 e. The van der Waals surface area contributed by atoms with Gasteiger partial charge in [0.15, 0.2) is 0 Å². The molecule has 0 aliphatic carbocycles. The number of benzene rings is 1. The molecule has 0 radical (unpaired) electrons. The Labute approximate surface area is 140 Å². The summed E-state index contributed by atoms with van der Waals surface area (Å²) in [4.78, 5) is 22.6. The molecule has 6 nitrogen and oxygen atoms in total. The summed E-state index contributed by atoms with van der Waals surface area (Å²) in [6.07, 6.45) is 6.17. The van der Waals surface area contributed by atoms with Crippen molar-refractivity contribution in [1.82, 2.24) is 9.97 Å². The van der Waals surface area contributed by atoms with Crippen LogP contribution in [0.5, 0.6) is 0 Å². The van der Waals surface area contributed by atoms with E-state index >= 15 is 0 Å². The van der Waals surface area contributed by atoms with Crippen LogP contribution < -0.4 is 10.6 Å². The molecule has 0 spiro atoms. The predicted molar refractivity (Wildman–Crippen MR) is 93.8 cm³/mol. The van der Waals surface area contributed by atoms with Gasteiger partial charge in [0.1, 0.15) is 11.7 Å². The summed E-state index contributed by atoms with van der Waals surface area (Å²) in [5.41, 5.74) is 8.05. The number of amides is 1. The first-order valence-corrected chi connectivity index (χ1v) is 7.61. The monoisotopic (exact) mass is 321 g/mol. The molecule has 0 atom stereocenters. The summed E-state index contributed by atoms with van der Waals surface area (Å²) in [7, 11) is 0. The molecule has 1 aromatic carbocycles. The lowest BCUT2D eigenvalue weighted by Crippen LogP contribution is -2.39. The molecule has 0 saturated heterocycles. The van der Waals surface area contributed by atoms with Gasteiger partial charge in [0.05, 0.1) is 11.1 Å². The minimum atomic E-state index is -0.688. The van der Waals surface area contributed by atoms with Crippen LogP contribution in [0.4, 0.5) is 5.69 Å². The van der Waals surface area contributed by atoms with E-state index < -0.39 is 5.41 Å². The van der Waals surface area contributed by atoms with Crippen molar-refractivity contribution in [2.24, 2.45) is 5.73 Å². The van der Waals surface area contributed by atoms with Crippen LogP contribution in [-0.2, 0) is 10.2 Å². The van der Waals surface area contributed by atoms with Crippen molar-refractivity contribution in [2.45, 2.75) is 26.2 Å². The summed E-state index contributed by atoms with van der Waals surface area (Å²) in [5.74, 6) is 0.609. The summed E-state index contributed by atoms with van der Waals surface area (Å²) < 4.78 is 0. The van der Waals surface area contributed by atoms with Crippen LogP contribution in [0.1, 0.15) is 25.2 Å². The largest absolute Gasteiger partial charge is 0.404 e. The zero-order chi connectivity index (χ0) is 17.5. The lowest BCUT2D eigenvalue weighted by Gasteiger charge is -2.19. The Hall–Kier alpha value is -3.02. The van der Waals surface area contributed by atoms with E-state index in [0.29, 0.717) is 11.5 Å². The number of aryl methyl sites for hydroxylation is 1. The van der Waals surface area contributed by atoms with Crippen molar-refractivity contribution >= 4 is 17.4 Å². The number of nitrogens with zero attached hydrogens (tertiary/aromatic N) is 3. The van der Waals surface area contributed by atoms with Gasteiger partial charge >= 0.3 is 0 Å². The first-order valence-electron chi connectivity index (χ1n) is 7.61. The topological polar surface area (TPSA) is 96.0 Å². The second-order valence-electron chi connectivity index (χ2n) is 6.26. The molecule has 0 unspecified atom stereocenters. The van der Waals surface area contributed by atoms with Gasteiger partial charge in [-0.3, -0.25) is 15.1 Å². The van der Waals surface area contributed by atoms with E-state index in [1.807, 2.05) is 39.0 Å². The maximum absolute atomic E-state index is 12.8. The summed E-state index contributed by atoms with van der Waals surface area (Å²) in [6.45, 7) is 5.56. The van der Waals surface area contributed by atoms with Gasteiger partial charge in [-0.25, -0.2) is 9.97 Å². The molecule has 3 rings (SSSR count). The molecule has 1 aliphatic heterocycles. The molecule has 2 heterocycles. The molecule has 0 fully saturated rings. The van der Waals surface area contributed by atoms with E-state index in [0.717, 1.165) is 16.7 Å². The van der Waals surface area contributed by atoms with Crippen molar-refractivity contribution < 1.29 is 4.79 Å². The number of carbonyl (C=O) groups excluding carboxylic acids is 1. The standard InChI is InChI=1S/C18H19N5O/c1-11-21-9-13(10-22-11)12-4-5-14-15(8-12)23(16(20)6-7-19)17(24)18(14,2)3/h4-10,20H,19H2,1-3H3/b7-6-,20-16?. The second-order valence-corrected chi connectivity index (χ2v) is 6.26. The number of fused-ring (bicyclic) bond motifs is 1. The number of aromatic nitrogens is 2. The van der Waals surface area contributed by atoms with E-state index in [1.54, 1.807) is 12.4 Å². The molecular formula is C18H19N5O. The van der Waals surface area contributed by atoms with Gasteiger partial charge in [0.25, 0.3) is 0 Å². The maximum Gasteiger partial charge on any atom is 0.242 e. The third-order valence-corrected chi connectivity index (χ3v) is 4.26. The minimum absolute atomic E-state index is 0.0478. The predicted octanol–water partition coefficient (Wildman–Crippen LogP) is 2.53. The second kappa shape index (κ2) is 5.56. The zero-order valence-electron chi connectivity index (χ0n) is 13.9. The Kier molecular flexibility index (Phi) is 3.67. The minimum Gasteiger partial charge on any atom is -0.404 e. The van der Waals surface area contributed by atoms with Gasteiger partial charge in [-0.15, -0.1) is 0 Å². The van der Waals surface area contributed by atoms with Crippen molar-refractivity contribution in [1.29, 1.82) is 5.41 Å². The van der Waals surface area contributed by atoms with Crippen molar-refractivity contribution in [2.75, 3.05) is 4.90 Å². The lowest BCUT2D eigenvalue weighted by atomic mass is 9.85. The highest BCUT2D eigenvalue weighted by molar-refractivity contribution is 6.26. The summed E-state index contributed by atoms with van der Waals surface area (Å²) in [6, 6.07) is 5.78. The van der Waals surface area contributed by atoms with Gasteiger partial charge in [0, 0.05) is 18.0 Å². The van der Waals surface area contributed by atoms with Gasteiger partial charge in [0.2, 0.25) is 5.91 Å². The van der Waals surface area contributed by atoms with Gasteiger partial charge < -0.3 is 5.73 Å². The van der Waals surface area contributed by atoms with Crippen LogP contribution in [0.15, 0.2) is 42.9 Å². The average molecular weight is 321 g/mol. The third kappa shape index (κ3) is 2.36. The number of hydrogen-bond acceptors (Lipinski definition) is 5. The maximum atomic E-state index is 12.8. The fourth-order valence-corrected chi connectivity index (χ4v) is 2.88. The van der Waals surface area contributed by atoms with Crippen LogP contribution in [0.2, 0.25) is 0 Å². The Balaban J connectivity index is 2.14. The molecule has 3 N–H and O–H groups in total. The first-order chi connectivity index (χ1) is 11.4. The molecule has 24 heavy (non-hydrogen) atoms. The fraction of sp³-hybridized carbons (Fsp3) is 0.222. The van der Waals surface area contributed by atoms with Crippen molar-refractivity contribution in [3.8, 4) is 11.1 Å². The van der Waals surface area contributed by atoms with E-state index in [1.165, 1.54) is 17.2 Å². The Morgan fingerprint density at radius 3 is 2.54 bits per heavy atom. The van der Waals surface area contributed by atoms with Crippen LogP contribution >= 0.6 is 0 Å². The van der Waals surface area contributed by atoms with Crippen LogP contribution in [0, 0.1) is 12.3 Å². The Bertz CT molecular complexity index is 852. The molecule has 0 saturated carbocycles. The quantitative estimate of drug-likeness (QED) is 0.656. The highest BCUT2D eigenvalue weighted by Crippen LogP contribution is 2.43. The van der Waals surface area contributed by atoms with E-state index in [-0.39, 0.29) is 11.7 Å². The molecule has 1 aliphatic rings. The zero-order valence-corrected chi connectivity index (χ0v) is 13.9. The normalized spacial score (nSPS) is 15.8. The average Bonchev–Trinajstić information content (AvgIpc) is 2.75. The Morgan fingerprint density at radius 2 is 1.92 bits per heavy atom. The summed E-state index contributed by atoms with van der Waals surface area (Å²) in [5, 5.41) is 8.14. The number of hydrogen-bond donors (Lipinski definition) is 2. The third-order valence-electron chi connectivity index (χ3n) is 4.26. The van der Waals surface area contributed by atoms with E-state index in [2.05, 4.69) is 9.97 Å². The molecule has 2 aromatic rings. The highest BCUT2D eigenvalue weighted by atomic mass is 16.2. The number of amidine groups is 1. The fourth-order valence-electron chi connectivity index (χ4n) is 2.88. The van der Waals surface area contributed by atoms with Gasteiger partial charge in [-0.05, 0) is 50.2 Å². The summed E-state index contributed by atoms with van der Waals surface area (Å²) >= 11 is 0. The molecule has 0 bridgehead atoms. The van der Waals surface area contributed by atoms with Gasteiger partial charge in [-0.2, -0.15) is 0 Å². The molecule has 6 heteroatoms. The molecular weight excluding hydrogens is 302 g/mol. The lowest BCUT2D eigenvalue weighted by molar-refractivity contribution is -0.121. The number of rotatable bonds is 2.